The van der Waals surface area contributed by atoms with Gasteiger partial charge < -0.3 is 5.32 Å². The van der Waals surface area contributed by atoms with Gasteiger partial charge >= 0.3 is 5.69 Å². The van der Waals surface area contributed by atoms with E-state index in [1.807, 2.05) is 0 Å². The minimum atomic E-state index is -0.527. The van der Waals surface area contributed by atoms with E-state index in [-0.39, 0.29) is 24.6 Å². The summed E-state index contributed by atoms with van der Waals surface area (Å²) in [4.78, 5) is 28.6. The first kappa shape index (κ1) is 16.8. The van der Waals surface area contributed by atoms with Crippen molar-refractivity contribution in [3.05, 3.63) is 76.5 Å². The van der Waals surface area contributed by atoms with Crippen molar-refractivity contribution >= 4 is 22.5 Å². The molecule has 0 spiro atoms. The third-order valence-corrected chi connectivity index (χ3v) is 4.08. The number of amides is 1. The van der Waals surface area contributed by atoms with Crippen molar-refractivity contribution in [2.75, 3.05) is 0 Å². The highest BCUT2D eigenvalue weighted by Crippen LogP contribution is 2.16. The van der Waals surface area contributed by atoms with Crippen LogP contribution in [0.15, 0.2) is 53.6 Å². The number of aromatic nitrogens is 4. The van der Waals surface area contributed by atoms with E-state index in [1.165, 1.54) is 41.1 Å². The standard InChI is InChI=1S/C18H13F2N5O2/c19-12-3-1-11(2-4-12)8-21-16(26)9-25-18(27)24-10-22-15-7-13(20)5-6-14(15)17(24)23-25/h1-7,10H,8-9H2,(H,21,26). The summed E-state index contributed by atoms with van der Waals surface area (Å²) in [6.07, 6.45) is 1.25. The Labute approximate surface area is 150 Å². The Hall–Kier alpha value is -3.62. The maximum absolute atomic E-state index is 13.3. The van der Waals surface area contributed by atoms with Gasteiger partial charge in [-0.25, -0.2) is 27.6 Å². The molecular weight excluding hydrogens is 356 g/mol. The van der Waals surface area contributed by atoms with E-state index in [0.717, 1.165) is 10.2 Å². The van der Waals surface area contributed by atoms with E-state index in [4.69, 9.17) is 0 Å². The largest absolute Gasteiger partial charge is 0.352 e. The quantitative estimate of drug-likeness (QED) is 0.593. The third-order valence-electron chi connectivity index (χ3n) is 4.08. The highest BCUT2D eigenvalue weighted by molar-refractivity contribution is 5.90. The molecule has 0 aliphatic rings. The van der Waals surface area contributed by atoms with Crippen LogP contribution in [-0.2, 0) is 17.9 Å². The molecule has 136 valence electrons. The Kier molecular flexibility index (Phi) is 4.11. The Bertz CT molecular complexity index is 1210. The smallest absolute Gasteiger partial charge is 0.350 e. The minimum absolute atomic E-state index is 0.199. The number of rotatable bonds is 4. The van der Waals surface area contributed by atoms with Crippen molar-refractivity contribution in [2.45, 2.75) is 13.1 Å². The summed E-state index contributed by atoms with van der Waals surface area (Å²) >= 11 is 0. The summed E-state index contributed by atoms with van der Waals surface area (Å²) in [7, 11) is 0. The third kappa shape index (κ3) is 3.26. The average Bonchev–Trinajstić information content (AvgIpc) is 2.97. The van der Waals surface area contributed by atoms with Crippen LogP contribution in [0.4, 0.5) is 8.78 Å². The van der Waals surface area contributed by atoms with Gasteiger partial charge in [-0.3, -0.25) is 4.79 Å². The number of hydrogen-bond acceptors (Lipinski definition) is 4. The lowest BCUT2D eigenvalue weighted by Crippen LogP contribution is -2.32. The molecular formula is C18H13F2N5O2. The Balaban J connectivity index is 1.57. The Morgan fingerprint density at radius 3 is 2.59 bits per heavy atom. The van der Waals surface area contributed by atoms with Crippen molar-refractivity contribution in [1.29, 1.82) is 0 Å². The molecule has 0 atom stereocenters. The van der Waals surface area contributed by atoms with Crippen molar-refractivity contribution < 1.29 is 13.6 Å². The van der Waals surface area contributed by atoms with Crippen molar-refractivity contribution in [3.8, 4) is 0 Å². The first-order valence-corrected chi connectivity index (χ1v) is 8.06. The molecule has 0 aliphatic carbocycles. The minimum Gasteiger partial charge on any atom is -0.350 e. The van der Waals surface area contributed by atoms with Crippen molar-refractivity contribution in [1.82, 2.24) is 24.5 Å². The molecule has 9 heteroatoms. The molecule has 27 heavy (non-hydrogen) atoms. The van der Waals surface area contributed by atoms with Crippen molar-refractivity contribution in [3.63, 3.8) is 0 Å². The highest BCUT2D eigenvalue weighted by atomic mass is 19.1. The predicted molar refractivity (Wildman–Crippen MR) is 93.0 cm³/mol. The molecule has 0 unspecified atom stereocenters. The number of benzene rings is 2. The van der Waals surface area contributed by atoms with Gasteiger partial charge in [0, 0.05) is 18.0 Å². The molecule has 0 aliphatic heterocycles. The van der Waals surface area contributed by atoms with Crippen LogP contribution in [0.25, 0.3) is 16.6 Å². The SMILES string of the molecule is O=C(Cn1nc2c3ccc(F)cc3ncn2c1=O)NCc1ccc(F)cc1. The number of carbonyl (C=O) groups is 1. The van der Waals surface area contributed by atoms with E-state index >= 15 is 0 Å². The van der Waals surface area contributed by atoms with E-state index < -0.39 is 17.4 Å². The molecule has 0 fully saturated rings. The second kappa shape index (κ2) is 6.60. The van der Waals surface area contributed by atoms with Gasteiger partial charge in [0.25, 0.3) is 0 Å². The summed E-state index contributed by atoms with van der Waals surface area (Å²) in [5.74, 6) is -1.23. The number of hydrogen-bond donors (Lipinski definition) is 1. The lowest BCUT2D eigenvalue weighted by Gasteiger charge is -2.04. The van der Waals surface area contributed by atoms with Gasteiger partial charge in [0.1, 0.15) is 24.5 Å². The lowest BCUT2D eigenvalue weighted by molar-refractivity contribution is -0.122. The number of nitrogens with one attached hydrogen (secondary N) is 1. The van der Waals surface area contributed by atoms with Crippen LogP contribution in [0, 0.1) is 11.6 Å². The van der Waals surface area contributed by atoms with Crippen LogP contribution in [0.2, 0.25) is 0 Å². The summed E-state index contributed by atoms with van der Waals surface area (Å²) in [5.41, 5.74) is 0.849. The second-order valence-electron chi connectivity index (χ2n) is 5.94. The first-order chi connectivity index (χ1) is 13.0. The van der Waals surface area contributed by atoms with Gasteiger partial charge in [-0.15, -0.1) is 5.10 Å². The van der Waals surface area contributed by atoms with E-state index in [1.54, 1.807) is 12.1 Å². The molecule has 0 radical (unpaired) electrons. The molecule has 0 saturated carbocycles. The zero-order valence-electron chi connectivity index (χ0n) is 13.9. The molecule has 0 saturated heterocycles. The summed E-state index contributed by atoms with van der Waals surface area (Å²) < 4.78 is 28.4. The van der Waals surface area contributed by atoms with Crippen LogP contribution in [0.5, 0.6) is 0 Å². The van der Waals surface area contributed by atoms with E-state index in [0.29, 0.717) is 10.9 Å². The molecule has 1 N–H and O–H groups in total. The fourth-order valence-electron chi connectivity index (χ4n) is 2.73. The monoisotopic (exact) mass is 369 g/mol. The van der Waals surface area contributed by atoms with Crippen LogP contribution in [0.3, 0.4) is 0 Å². The lowest BCUT2D eigenvalue weighted by atomic mass is 10.2. The normalized spacial score (nSPS) is 11.2. The van der Waals surface area contributed by atoms with Gasteiger partial charge in [-0.1, -0.05) is 12.1 Å². The van der Waals surface area contributed by atoms with Gasteiger partial charge in [0.05, 0.1) is 5.52 Å². The number of nitrogens with zero attached hydrogens (tertiary/aromatic N) is 4. The molecule has 4 rings (SSSR count). The molecule has 7 nitrogen and oxygen atoms in total. The summed E-state index contributed by atoms with van der Waals surface area (Å²) in [5, 5.41) is 7.32. The summed E-state index contributed by atoms with van der Waals surface area (Å²) in [6, 6.07) is 9.70. The molecule has 4 aromatic rings. The van der Waals surface area contributed by atoms with Gasteiger partial charge in [-0.2, -0.15) is 0 Å². The predicted octanol–water partition coefficient (Wildman–Crippen LogP) is 1.64. The van der Waals surface area contributed by atoms with Crippen LogP contribution < -0.4 is 11.0 Å². The maximum atomic E-state index is 13.3. The molecule has 0 bridgehead atoms. The zero-order valence-corrected chi connectivity index (χ0v) is 13.9. The molecule has 2 aromatic heterocycles. The van der Waals surface area contributed by atoms with Gasteiger partial charge in [0.15, 0.2) is 5.65 Å². The summed E-state index contributed by atoms with van der Waals surface area (Å²) in [6.45, 7) is -0.0879. The topological polar surface area (TPSA) is 81.3 Å². The van der Waals surface area contributed by atoms with Crippen LogP contribution >= 0.6 is 0 Å². The highest BCUT2D eigenvalue weighted by Gasteiger charge is 2.13. The number of fused-ring (bicyclic) bond motifs is 3. The first-order valence-electron chi connectivity index (χ1n) is 8.06. The zero-order chi connectivity index (χ0) is 19.0. The second-order valence-corrected chi connectivity index (χ2v) is 5.94. The Morgan fingerprint density at radius 1 is 1.07 bits per heavy atom. The molecule has 2 aromatic carbocycles. The average molecular weight is 369 g/mol. The Morgan fingerprint density at radius 2 is 1.81 bits per heavy atom. The van der Waals surface area contributed by atoms with Gasteiger partial charge in [-0.05, 0) is 29.8 Å². The fourth-order valence-corrected chi connectivity index (χ4v) is 2.73. The molecule has 1 amide bonds. The fraction of sp³-hybridized carbons (Fsp3) is 0.111. The van der Waals surface area contributed by atoms with Crippen LogP contribution in [0.1, 0.15) is 5.56 Å². The molecule has 2 heterocycles. The van der Waals surface area contributed by atoms with Crippen molar-refractivity contribution in [2.24, 2.45) is 0 Å². The maximum Gasteiger partial charge on any atom is 0.352 e. The van der Waals surface area contributed by atoms with Crippen LogP contribution in [-0.4, -0.2) is 25.1 Å². The van der Waals surface area contributed by atoms with Gasteiger partial charge in [0.2, 0.25) is 5.91 Å². The van der Waals surface area contributed by atoms with E-state index in [9.17, 15) is 18.4 Å². The number of carbonyl (C=O) groups excluding carboxylic acids is 1. The van der Waals surface area contributed by atoms with E-state index in [2.05, 4.69) is 15.4 Å². The number of halogens is 2.